The Bertz CT molecular complexity index is 1010. The van der Waals surface area contributed by atoms with E-state index in [0.29, 0.717) is 25.4 Å². The molecule has 0 saturated carbocycles. The van der Waals surface area contributed by atoms with Crippen LogP contribution < -0.4 is 15.6 Å². The van der Waals surface area contributed by atoms with Crippen molar-refractivity contribution in [3.8, 4) is 5.75 Å². The molecule has 1 N–H and O–H groups in total. The Morgan fingerprint density at radius 2 is 1.90 bits per heavy atom. The lowest BCUT2D eigenvalue weighted by Crippen LogP contribution is -2.60. The van der Waals surface area contributed by atoms with Crippen LogP contribution in [0.2, 0.25) is 0 Å². The fourth-order valence-electron chi connectivity index (χ4n) is 4.40. The summed E-state index contributed by atoms with van der Waals surface area (Å²) in [5.74, 6) is -0.200. The van der Waals surface area contributed by atoms with Gasteiger partial charge in [-0.25, -0.2) is 4.39 Å². The number of benzene rings is 1. The first-order valence-corrected chi connectivity index (χ1v) is 11.0. The van der Waals surface area contributed by atoms with Crippen molar-refractivity contribution in [3.05, 3.63) is 64.3 Å². The average molecular weight is 489 g/mol. The van der Waals surface area contributed by atoms with Crippen molar-refractivity contribution in [3.63, 3.8) is 0 Å². The van der Waals surface area contributed by atoms with E-state index in [1.807, 2.05) is 15.5 Å². The van der Waals surface area contributed by atoms with Crippen LogP contribution in [-0.4, -0.2) is 45.0 Å². The molecule has 2 aliphatic heterocycles. The van der Waals surface area contributed by atoms with E-state index in [-0.39, 0.29) is 24.0 Å². The predicted octanol–water partition coefficient (Wildman–Crippen LogP) is 3.30. The van der Waals surface area contributed by atoms with E-state index in [9.17, 15) is 14.0 Å². The maximum absolute atomic E-state index is 13.0. The van der Waals surface area contributed by atoms with Crippen molar-refractivity contribution in [1.29, 1.82) is 0 Å². The average Bonchev–Trinajstić information content (AvgIpc) is 2.71. The maximum atomic E-state index is 13.0. The number of nitrogens with one attached hydrogen (secondary N) is 1. The van der Waals surface area contributed by atoms with E-state index in [4.69, 9.17) is 39.5 Å². The molecular formula is C21H21Cl3FN3O3. The first-order valence-electron chi connectivity index (χ1n) is 9.89. The second-order valence-corrected chi connectivity index (χ2v) is 10.3. The summed E-state index contributed by atoms with van der Waals surface area (Å²) in [6, 6.07) is 10.6. The third-order valence-electron chi connectivity index (χ3n) is 5.66. The number of amides is 1. The molecule has 1 aromatic heterocycles. The molecule has 0 aliphatic carbocycles. The number of nitrogens with zero attached hydrogens (tertiary/aromatic N) is 2. The molecule has 2 bridgehead atoms. The van der Waals surface area contributed by atoms with Crippen molar-refractivity contribution < 1.29 is 13.9 Å². The number of piperidine rings is 1. The molecule has 0 spiro atoms. The number of alkyl halides is 3. The molecule has 2 aromatic rings. The lowest BCUT2D eigenvalue weighted by molar-refractivity contribution is -0.125. The third kappa shape index (κ3) is 5.17. The van der Waals surface area contributed by atoms with Crippen molar-refractivity contribution in [2.24, 2.45) is 5.92 Å². The van der Waals surface area contributed by atoms with Crippen molar-refractivity contribution in [2.45, 2.75) is 28.8 Å². The Kier molecular flexibility index (Phi) is 6.49. The predicted molar refractivity (Wildman–Crippen MR) is 117 cm³/mol. The minimum atomic E-state index is -1.77. The lowest BCUT2D eigenvalue weighted by atomic mass is 9.83. The normalized spacial score (nSPS) is 21.8. The number of halogens is 4. The molecule has 10 heteroatoms. The van der Waals surface area contributed by atoms with Crippen LogP contribution in [-0.2, 0) is 11.3 Å². The minimum Gasteiger partial charge on any atom is -0.484 e. The molecule has 1 saturated heterocycles. The molecule has 1 aromatic carbocycles. The van der Waals surface area contributed by atoms with Crippen LogP contribution >= 0.6 is 34.8 Å². The summed E-state index contributed by atoms with van der Waals surface area (Å²) in [6.45, 7) is 1.41. The highest BCUT2D eigenvalue weighted by atomic mass is 35.6. The summed E-state index contributed by atoms with van der Waals surface area (Å²) >= 11 is 18.7. The molecule has 2 aliphatic rings. The van der Waals surface area contributed by atoms with Gasteiger partial charge in [0.25, 0.3) is 11.5 Å². The van der Waals surface area contributed by atoms with Gasteiger partial charge in [-0.1, -0.05) is 40.9 Å². The van der Waals surface area contributed by atoms with Gasteiger partial charge >= 0.3 is 0 Å². The number of likely N-dealkylation sites (tertiary alicyclic amines) is 1. The van der Waals surface area contributed by atoms with Crippen LogP contribution in [0.1, 0.15) is 18.0 Å². The zero-order chi connectivity index (χ0) is 22.2. The second kappa shape index (κ2) is 8.98. The number of fused-ring (bicyclic) bond motifs is 4. The summed E-state index contributed by atoms with van der Waals surface area (Å²) < 4.78 is 18.4. The van der Waals surface area contributed by atoms with Gasteiger partial charge in [0.1, 0.15) is 17.7 Å². The number of ether oxygens (including phenoxy) is 1. The molecule has 3 heterocycles. The molecule has 6 nitrogen and oxygen atoms in total. The molecule has 1 fully saturated rings. The van der Waals surface area contributed by atoms with E-state index in [1.54, 1.807) is 12.1 Å². The highest BCUT2D eigenvalue weighted by molar-refractivity contribution is 6.68. The summed E-state index contributed by atoms with van der Waals surface area (Å²) in [7, 11) is 0. The van der Waals surface area contributed by atoms with Gasteiger partial charge in [-0.3, -0.25) is 14.5 Å². The molecule has 1 amide bonds. The third-order valence-corrected chi connectivity index (χ3v) is 6.28. The fraction of sp³-hybridized carbons (Fsp3) is 0.429. The minimum absolute atomic E-state index is 0.00942. The van der Waals surface area contributed by atoms with E-state index >= 15 is 0 Å². The molecule has 4 rings (SSSR count). The Labute approximate surface area is 193 Å². The SMILES string of the molecule is O=C(COc1ccc(F)cc1)NC(N1C[C@@H]2C[C@@H](C1)c1cccc(=O)n1C2)C(Cl)(Cl)Cl. The zero-order valence-corrected chi connectivity index (χ0v) is 18.7. The number of aromatic nitrogens is 1. The van der Waals surface area contributed by atoms with Crippen molar-refractivity contribution in [2.75, 3.05) is 19.7 Å². The summed E-state index contributed by atoms with van der Waals surface area (Å²) in [5.41, 5.74) is 0.951. The number of pyridine rings is 1. The summed E-state index contributed by atoms with van der Waals surface area (Å²) in [4.78, 5) is 26.7. The lowest BCUT2D eigenvalue weighted by Gasteiger charge is -2.47. The molecule has 0 radical (unpaired) electrons. The monoisotopic (exact) mass is 487 g/mol. The van der Waals surface area contributed by atoms with E-state index in [2.05, 4.69) is 5.32 Å². The Balaban J connectivity index is 1.45. The molecule has 3 atom stereocenters. The van der Waals surface area contributed by atoms with Gasteiger partial charge in [0, 0.05) is 37.3 Å². The maximum Gasteiger partial charge on any atom is 0.259 e. The van der Waals surface area contributed by atoms with E-state index in [0.717, 1.165) is 12.1 Å². The summed E-state index contributed by atoms with van der Waals surface area (Å²) in [6.07, 6.45) is 0.0721. The van der Waals surface area contributed by atoms with Crippen LogP contribution in [0.15, 0.2) is 47.3 Å². The van der Waals surface area contributed by atoms with Crippen LogP contribution in [0.5, 0.6) is 5.75 Å². The second-order valence-electron chi connectivity index (χ2n) is 7.91. The molecule has 166 valence electrons. The van der Waals surface area contributed by atoms with Crippen molar-refractivity contribution >= 4 is 40.7 Å². The van der Waals surface area contributed by atoms with Crippen molar-refractivity contribution in [1.82, 2.24) is 14.8 Å². The van der Waals surface area contributed by atoms with Gasteiger partial charge in [0.05, 0.1) is 0 Å². The van der Waals surface area contributed by atoms with E-state index in [1.165, 1.54) is 24.3 Å². The van der Waals surface area contributed by atoms with Gasteiger partial charge in [-0.2, -0.15) is 0 Å². The van der Waals surface area contributed by atoms with E-state index < -0.39 is 21.7 Å². The standard InChI is InChI=1S/C21H21Cl3FN3O3/c22-21(23,24)20(26-18(29)12-31-16-6-4-15(25)5-7-16)27-9-13-8-14(11-27)17-2-1-3-19(30)28(17)10-13/h1-7,13-14,20H,8-12H2,(H,26,29)/t13-,14-,20?/m0/s1. The molecule has 31 heavy (non-hydrogen) atoms. The number of hydrogen-bond acceptors (Lipinski definition) is 4. The Morgan fingerprint density at radius 3 is 2.61 bits per heavy atom. The molecule has 1 unspecified atom stereocenters. The van der Waals surface area contributed by atoms with Crippen LogP contribution in [0.3, 0.4) is 0 Å². The smallest absolute Gasteiger partial charge is 0.259 e. The zero-order valence-electron chi connectivity index (χ0n) is 16.4. The van der Waals surface area contributed by atoms with Gasteiger partial charge < -0.3 is 14.6 Å². The number of hydrogen-bond donors (Lipinski definition) is 1. The molecular weight excluding hydrogens is 468 g/mol. The van der Waals surface area contributed by atoms with Gasteiger partial charge in [0.15, 0.2) is 6.61 Å². The topological polar surface area (TPSA) is 63.6 Å². The van der Waals surface area contributed by atoms with Crippen LogP contribution in [0, 0.1) is 11.7 Å². The van der Waals surface area contributed by atoms with Gasteiger partial charge in [-0.15, -0.1) is 0 Å². The Hall–Kier alpha value is -1.80. The summed E-state index contributed by atoms with van der Waals surface area (Å²) in [5, 5.41) is 2.76. The fourth-order valence-corrected chi connectivity index (χ4v) is 4.98. The Morgan fingerprint density at radius 1 is 1.16 bits per heavy atom. The number of carbonyl (C=O) groups excluding carboxylic acids is 1. The highest BCUT2D eigenvalue weighted by Gasteiger charge is 2.44. The number of carbonyl (C=O) groups is 1. The highest BCUT2D eigenvalue weighted by Crippen LogP contribution is 2.39. The van der Waals surface area contributed by atoms with Gasteiger partial charge in [-0.05, 0) is 42.7 Å². The first-order chi connectivity index (χ1) is 14.7. The first kappa shape index (κ1) is 22.4. The van der Waals surface area contributed by atoms with Gasteiger partial charge in [0.2, 0.25) is 3.79 Å². The largest absolute Gasteiger partial charge is 0.484 e. The van der Waals surface area contributed by atoms with Crippen LogP contribution in [0.4, 0.5) is 4.39 Å². The number of rotatable bonds is 5. The van der Waals surface area contributed by atoms with Crippen LogP contribution in [0.25, 0.3) is 0 Å². The quantitative estimate of drug-likeness (QED) is 0.656.